The quantitative estimate of drug-likeness (QED) is 0.388. The summed E-state index contributed by atoms with van der Waals surface area (Å²) in [6.45, 7) is 10.9. The molecule has 0 saturated heterocycles. The molecule has 1 aliphatic carbocycles. The SMILES string of the molecule is CC1=[C-]C(C)(C)C(C)=C1C.[Cl-].[Cl-].[Ti+4].c1ccc2c(c1)cc[c-]2-n1cccc1. The van der Waals surface area contributed by atoms with E-state index in [0.717, 1.165) is 0 Å². The van der Waals surface area contributed by atoms with Crippen molar-refractivity contribution in [2.24, 2.45) is 5.41 Å². The molecule has 0 N–H and O–H groups in total. The number of hydrogen-bond acceptors (Lipinski definition) is 0. The molecule has 4 rings (SSSR count). The van der Waals surface area contributed by atoms with E-state index in [1.807, 2.05) is 12.1 Å². The standard InChI is InChI=1S/C13H10N.C10H15.2ClH.Ti/c1-2-6-12-11(5-1)7-8-13(12)14-9-3-4-10-14;1-7-6-10(4,5)9(3)8(7)2;;;/h1-10H;1-5H3;2*1H;/q2*-1;;;+4/p-2. The fourth-order valence-corrected chi connectivity index (χ4v) is 3.26. The van der Waals surface area contributed by atoms with Crippen molar-refractivity contribution in [3.05, 3.63) is 83.7 Å². The Morgan fingerprint density at radius 1 is 0.889 bits per heavy atom. The van der Waals surface area contributed by atoms with E-state index in [1.54, 1.807) is 0 Å². The largest absolute Gasteiger partial charge is 4.00 e. The van der Waals surface area contributed by atoms with E-state index in [4.69, 9.17) is 0 Å². The Kier molecular flexibility index (Phi) is 10.0. The Balaban J connectivity index is 0.000000473. The van der Waals surface area contributed by atoms with Gasteiger partial charge >= 0.3 is 21.7 Å². The first-order valence-corrected chi connectivity index (χ1v) is 8.48. The van der Waals surface area contributed by atoms with Gasteiger partial charge in [0.05, 0.1) is 0 Å². The normalized spacial score (nSPS) is 14.3. The van der Waals surface area contributed by atoms with Crippen LogP contribution in [0.2, 0.25) is 0 Å². The molecule has 27 heavy (non-hydrogen) atoms. The number of aromatic nitrogens is 1. The Morgan fingerprint density at radius 3 is 1.96 bits per heavy atom. The number of nitrogens with zero attached hydrogens (tertiary/aromatic N) is 1. The average Bonchev–Trinajstić information content (AvgIpc) is 3.25. The van der Waals surface area contributed by atoms with Gasteiger partial charge in [-0.3, -0.25) is 6.08 Å². The first-order chi connectivity index (χ1) is 11.4. The number of halogens is 2. The molecule has 0 unspecified atom stereocenters. The van der Waals surface area contributed by atoms with Crippen molar-refractivity contribution < 1.29 is 46.5 Å². The summed E-state index contributed by atoms with van der Waals surface area (Å²) in [5.74, 6) is 0. The second-order valence-electron chi connectivity index (χ2n) is 7.02. The summed E-state index contributed by atoms with van der Waals surface area (Å²) in [6.07, 6.45) is 7.58. The van der Waals surface area contributed by atoms with E-state index in [9.17, 15) is 0 Å². The number of hydrogen-bond donors (Lipinski definition) is 0. The number of allylic oxidation sites excluding steroid dienone is 4. The van der Waals surface area contributed by atoms with Gasteiger partial charge in [-0.15, -0.1) is 19.1 Å². The molecule has 1 aromatic heterocycles. The van der Waals surface area contributed by atoms with Crippen LogP contribution in [0, 0.1) is 11.5 Å². The van der Waals surface area contributed by atoms with Crippen molar-refractivity contribution in [3.63, 3.8) is 0 Å². The summed E-state index contributed by atoms with van der Waals surface area (Å²) in [5, 5.41) is 2.61. The maximum absolute atomic E-state index is 3.44. The second-order valence-corrected chi connectivity index (χ2v) is 7.02. The molecule has 0 radical (unpaired) electrons. The molecule has 1 aliphatic rings. The van der Waals surface area contributed by atoms with E-state index in [0.29, 0.717) is 0 Å². The molecule has 0 aliphatic heterocycles. The van der Waals surface area contributed by atoms with Crippen LogP contribution in [0.1, 0.15) is 34.6 Å². The second kappa shape index (κ2) is 10.4. The van der Waals surface area contributed by atoms with Crippen LogP contribution in [0.15, 0.2) is 77.6 Å². The molecule has 1 heterocycles. The van der Waals surface area contributed by atoms with Crippen molar-refractivity contribution in [2.45, 2.75) is 34.6 Å². The van der Waals surface area contributed by atoms with E-state index < -0.39 is 0 Å². The average molecular weight is 434 g/mol. The molecular weight excluding hydrogens is 409 g/mol. The Hall–Kier alpha value is -1.12. The maximum atomic E-state index is 3.44. The Bertz CT molecular complexity index is 915. The first-order valence-electron chi connectivity index (χ1n) is 8.48. The Morgan fingerprint density at radius 2 is 1.48 bits per heavy atom. The maximum Gasteiger partial charge on any atom is 4.00 e. The molecule has 0 saturated carbocycles. The minimum absolute atomic E-state index is 0. The first kappa shape index (κ1) is 25.9. The van der Waals surface area contributed by atoms with Crippen molar-refractivity contribution in [1.29, 1.82) is 0 Å². The monoisotopic (exact) mass is 433 g/mol. The summed E-state index contributed by atoms with van der Waals surface area (Å²) in [6, 6.07) is 16.9. The van der Waals surface area contributed by atoms with Gasteiger partial charge in [-0.2, -0.15) is 11.1 Å². The third-order valence-electron chi connectivity index (χ3n) is 5.10. The zero-order valence-corrected chi connectivity index (χ0v) is 19.6. The van der Waals surface area contributed by atoms with Crippen molar-refractivity contribution in [1.82, 2.24) is 4.57 Å². The summed E-state index contributed by atoms with van der Waals surface area (Å²) in [5.41, 5.74) is 5.65. The van der Waals surface area contributed by atoms with Gasteiger partial charge in [0.2, 0.25) is 0 Å². The van der Waals surface area contributed by atoms with E-state index >= 15 is 0 Å². The molecule has 0 bridgehead atoms. The van der Waals surface area contributed by atoms with Gasteiger partial charge in [0.25, 0.3) is 0 Å². The molecule has 0 fully saturated rings. The van der Waals surface area contributed by atoms with Crippen LogP contribution < -0.4 is 24.8 Å². The van der Waals surface area contributed by atoms with Crippen molar-refractivity contribution in [3.8, 4) is 5.69 Å². The van der Waals surface area contributed by atoms with Gasteiger partial charge in [-0.25, -0.2) is 5.57 Å². The van der Waals surface area contributed by atoms with Crippen LogP contribution >= 0.6 is 0 Å². The van der Waals surface area contributed by atoms with Gasteiger partial charge in [0, 0.05) is 0 Å². The van der Waals surface area contributed by atoms with Gasteiger partial charge in [0.15, 0.2) is 0 Å². The predicted molar refractivity (Wildman–Crippen MR) is 103 cm³/mol. The van der Waals surface area contributed by atoms with Crippen LogP contribution in [0.3, 0.4) is 0 Å². The molecule has 140 valence electrons. The number of rotatable bonds is 1. The topological polar surface area (TPSA) is 4.93 Å². The number of benzene rings is 1. The molecule has 0 spiro atoms. The molecule has 3 aromatic rings. The van der Waals surface area contributed by atoms with Crippen LogP contribution in [0.25, 0.3) is 16.5 Å². The van der Waals surface area contributed by atoms with Crippen LogP contribution in [-0.2, 0) is 21.7 Å². The third kappa shape index (κ3) is 5.45. The molecule has 2 aromatic carbocycles. The zero-order valence-electron chi connectivity index (χ0n) is 16.5. The van der Waals surface area contributed by atoms with Gasteiger partial charge in [-0.1, -0.05) is 80.3 Å². The fraction of sp³-hybridized carbons (Fsp3) is 0.261. The number of fused-ring (bicyclic) bond motifs is 1. The smallest absolute Gasteiger partial charge is 1.00 e. The Labute approximate surface area is 190 Å². The molecule has 4 heteroatoms. The van der Waals surface area contributed by atoms with Crippen molar-refractivity contribution >= 4 is 10.8 Å². The summed E-state index contributed by atoms with van der Waals surface area (Å²) in [4.78, 5) is 0. The van der Waals surface area contributed by atoms with E-state index in [1.165, 1.54) is 33.2 Å². The third-order valence-corrected chi connectivity index (χ3v) is 5.10. The minimum atomic E-state index is 0. The summed E-state index contributed by atoms with van der Waals surface area (Å²) in [7, 11) is 0. The molecule has 0 amide bonds. The minimum Gasteiger partial charge on any atom is -1.00 e. The van der Waals surface area contributed by atoms with Gasteiger partial charge in [-0.05, 0) is 18.1 Å². The predicted octanol–water partition coefficient (Wildman–Crippen LogP) is 0.467. The van der Waals surface area contributed by atoms with Crippen molar-refractivity contribution in [2.75, 3.05) is 0 Å². The van der Waals surface area contributed by atoms with Crippen LogP contribution in [-0.4, -0.2) is 4.57 Å². The molecule has 0 atom stereocenters. The molecular formula is C23H25Cl2NTi. The van der Waals surface area contributed by atoms with E-state index in [-0.39, 0.29) is 51.9 Å². The summed E-state index contributed by atoms with van der Waals surface area (Å²) >= 11 is 0. The van der Waals surface area contributed by atoms with Crippen LogP contribution in [0.4, 0.5) is 0 Å². The summed E-state index contributed by atoms with van der Waals surface area (Å²) < 4.78 is 2.14. The van der Waals surface area contributed by atoms with Gasteiger partial charge < -0.3 is 29.4 Å². The van der Waals surface area contributed by atoms with Crippen LogP contribution in [0.5, 0.6) is 0 Å². The van der Waals surface area contributed by atoms with Gasteiger partial charge in [0.1, 0.15) is 0 Å². The fourth-order valence-electron chi connectivity index (χ4n) is 3.26. The zero-order chi connectivity index (χ0) is 17.3. The van der Waals surface area contributed by atoms with E-state index in [2.05, 4.69) is 94.1 Å². The molecule has 1 nitrogen and oxygen atoms in total.